The fraction of sp³-hybridized carbons (Fsp3) is 0.143. The van der Waals surface area contributed by atoms with Crippen LogP contribution in [0.1, 0.15) is 22.7 Å². The van der Waals surface area contributed by atoms with Crippen LogP contribution in [0.25, 0.3) is 16.7 Å². The highest BCUT2D eigenvalue weighted by atomic mass is 16.5. The van der Waals surface area contributed by atoms with Crippen molar-refractivity contribution in [3.8, 4) is 11.5 Å². The molecular weight excluding hydrogens is 444 g/mol. The third-order valence-electron chi connectivity index (χ3n) is 6.37. The predicted octanol–water partition coefficient (Wildman–Crippen LogP) is 4.55. The van der Waals surface area contributed by atoms with Crippen LogP contribution < -0.4 is 4.74 Å². The molecule has 1 saturated heterocycles. The van der Waals surface area contributed by atoms with Crippen LogP contribution in [0.15, 0.2) is 84.6 Å². The lowest BCUT2D eigenvalue weighted by Crippen LogP contribution is -2.31. The summed E-state index contributed by atoms with van der Waals surface area (Å²) in [6, 6.07) is 20.0. The molecule has 1 aliphatic rings. The number of nitrogens with zero attached hydrogens (tertiary/aromatic N) is 1. The number of H-pyrrole nitrogens is 1. The van der Waals surface area contributed by atoms with E-state index in [1.807, 2.05) is 24.4 Å². The fourth-order valence-electron chi connectivity index (χ4n) is 4.64. The number of rotatable bonds is 6. The minimum atomic E-state index is -0.831. The molecule has 7 heteroatoms. The second-order valence-corrected chi connectivity index (χ2v) is 8.43. The van der Waals surface area contributed by atoms with Gasteiger partial charge in [0, 0.05) is 29.2 Å². The largest absolute Gasteiger partial charge is 0.508 e. The van der Waals surface area contributed by atoms with Crippen molar-refractivity contribution >= 4 is 28.4 Å². The number of amides is 1. The van der Waals surface area contributed by atoms with Gasteiger partial charge in [-0.25, -0.2) is 0 Å². The van der Waals surface area contributed by atoms with Gasteiger partial charge >= 0.3 is 0 Å². The lowest BCUT2D eigenvalue weighted by atomic mass is 9.95. The zero-order valence-corrected chi connectivity index (χ0v) is 19.1. The monoisotopic (exact) mass is 468 g/mol. The quantitative estimate of drug-likeness (QED) is 0.219. The topological polar surface area (TPSA) is 103 Å². The number of aromatic amines is 1. The Hall–Kier alpha value is -4.52. The number of fused-ring (bicyclic) bond motifs is 1. The number of phenolic OH excluding ortho intramolecular Hbond substituents is 1. The third kappa shape index (κ3) is 4.01. The number of methoxy groups -OCH3 is 1. The molecule has 3 N–H and O–H groups in total. The van der Waals surface area contributed by atoms with E-state index in [0.29, 0.717) is 17.5 Å². The molecule has 7 nitrogen and oxygen atoms in total. The number of carbonyl (C=O) groups is 2. The summed E-state index contributed by atoms with van der Waals surface area (Å²) >= 11 is 0. The van der Waals surface area contributed by atoms with E-state index in [1.165, 1.54) is 17.0 Å². The van der Waals surface area contributed by atoms with Crippen LogP contribution >= 0.6 is 0 Å². The van der Waals surface area contributed by atoms with Crippen molar-refractivity contribution in [2.24, 2.45) is 0 Å². The lowest BCUT2D eigenvalue weighted by molar-refractivity contribution is -0.139. The molecule has 2 heterocycles. The van der Waals surface area contributed by atoms with E-state index in [0.717, 1.165) is 22.2 Å². The van der Waals surface area contributed by atoms with Crippen LogP contribution in [0.5, 0.6) is 11.5 Å². The number of likely N-dealkylation sites (tertiary alicyclic amines) is 1. The van der Waals surface area contributed by atoms with Gasteiger partial charge in [-0.3, -0.25) is 9.59 Å². The molecule has 0 aliphatic carbocycles. The van der Waals surface area contributed by atoms with Gasteiger partial charge in [-0.15, -0.1) is 0 Å². The first-order chi connectivity index (χ1) is 17.0. The number of hydrogen-bond donors (Lipinski definition) is 3. The number of nitrogens with one attached hydrogen (secondary N) is 1. The van der Waals surface area contributed by atoms with Crippen molar-refractivity contribution in [1.29, 1.82) is 0 Å². The maximum absolute atomic E-state index is 13.2. The Morgan fingerprint density at radius 2 is 1.83 bits per heavy atom. The molecule has 35 heavy (non-hydrogen) atoms. The molecule has 3 aromatic carbocycles. The lowest BCUT2D eigenvalue weighted by Gasteiger charge is -2.25. The molecule has 0 saturated carbocycles. The second-order valence-electron chi connectivity index (χ2n) is 8.43. The Balaban J connectivity index is 1.55. The van der Waals surface area contributed by atoms with Gasteiger partial charge in [-0.1, -0.05) is 42.5 Å². The number of hydrogen-bond acceptors (Lipinski definition) is 5. The number of aliphatic hydroxyl groups is 1. The average Bonchev–Trinajstić information content (AvgIpc) is 3.40. The van der Waals surface area contributed by atoms with Crippen molar-refractivity contribution in [1.82, 2.24) is 9.88 Å². The molecule has 1 atom stereocenters. The summed E-state index contributed by atoms with van der Waals surface area (Å²) in [5.74, 6) is -0.942. The molecular formula is C28H24N2O5. The highest BCUT2D eigenvalue weighted by Gasteiger charge is 2.46. The predicted molar refractivity (Wildman–Crippen MR) is 132 cm³/mol. The van der Waals surface area contributed by atoms with Gasteiger partial charge in [0.25, 0.3) is 11.7 Å². The highest BCUT2D eigenvalue weighted by Crippen LogP contribution is 2.40. The first-order valence-electron chi connectivity index (χ1n) is 11.2. The summed E-state index contributed by atoms with van der Waals surface area (Å²) in [4.78, 5) is 31.0. The van der Waals surface area contributed by atoms with Crippen molar-refractivity contribution in [3.63, 3.8) is 0 Å². The van der Waals surface area contributed by atoms with Gasteiger partial charge in [0.2, 0.25) is 0 Å². The Morgan fingerprint density at radius 1 is 1.03 bits per heavy atom. The number of Topliss-reactive ketones (excluding diaryl/α,β-unsaturated/α-hetero) is 1. The smallest absolute Gasteiger partial charge is 0.295 e. The summed E-state index contributed by atoms with van der Waals surface area (Å²) in [6.45, 7) is 0.237. The van der Waals surface area contributed by atoms with Crippen LogP contribution in [0, 0.1) is 0 Å². The highest BCUT2D eigenvalue weighted by molar-refractivity contribution is 6.46. The fourth-order valence-corrected chi connectivity index (χ4v) is 4.64. The van der Waals surface area contributed by atoms with Crippen molar-refractivity contribution in [2.75, 3.05) is 13.7 Å². The molecule has 1 fully saturated rings. The average molecular weight is 469 g/mol. The van der Waals surface area contributed by atoms with E-state index >= 15 is 0 Å². The van der Waals surface area contributed by atoms with Gasteiger partial charge in [-0.2, -0.15) is 0 Å². The van der Waals surface area contributed by atoms with Gasteiger partial charge in [0.15, 0.2) is 0 Å². The number of benzene rings is 3. The standard InChI is InChI=1S/C28H24N2O5/c1-35-21-10-11-23-22(15-21)19(16-29-23)12-13-30-25(18-8-5-9-20(31)14-18)24(27(33)28(30)34)26(32)17-6-3-2-4-7-17/h2-11,14-16,25,29,31-32H,12-13H2,1H3/b26-24-. The Morgan fingerprint density at radius 3 is 2.57 bits per heavy atom. The number of aromatic nitrogens is 1. The van der Waals surface area contributed by atoms with Gasteiger partial charge in [0.05, 0.1) is 18.7 Å². The number of ether oxygens (including phenoxy) is 1. The van der Waals surface area contributed by atoms with Crippen molar-refractivity contribution < 1.29 is 24.5 Å². The summed E-state index contributed by atoms with van der Waals surface area (Å²) in [6.07, 6.45) is 2.36. The molecule has 5 rings (SSSR count). The molecule has 1 aromatic heterocycles. The first-order valence-corrected chi connectivity index (χ1v) is 11.2. The SMILES string of the molecule is COc1ccc2[nH]cc(CCN3C(=O)C(=O)/C(=C(\O)c4ccccc4)C3c3cccc(O)c3)c2c1. The second kappa shape index (κ2) is 9.02. The van der Waals surface area contributed by atoms with Crippen LogP contribution in [0.2, 0.25) is 0 Å². The molecule has 4 aromatic rings. The van der Waals surface area contributed by atoms with Gasteiger partial charge in [-0.05, 0) is 47.9 Å². The number of phenols is 1. The van der Waals surface area contributed by atoms with Crippen molar-refractivity contribution in [2.45, 2.75) is 12.5 Å². The maximum atomic E-state index is 13.2. The van der Waals surface area contributed by atoms with Gasteiger partial charge in [0.1, 0.15) is 17.3 Å². The van der Waals surface area contributed by atoms with E-state index in [2.05, 4.69) is 4.98 Å². The summed E-state index contributed by atoms with van der Waals surface area (Å²) in [5.41, 5.74) is 2.91. The molecule has 1 unspecified atom stereocenters. The molecule has 0 radical (unpaired) electrons. The normalized spacial score (nSPS) is 17.3. The Labute approximate surface area is 201 Å². The summed E-state index contributed by atoms with van der Waals surface area (Å²) < 4.78 is 5.34. The van der Waals surface area contributed by atoms with Crippen LogP contribution in [0.4, 0.5) is 0 Å². The van der Waals surface area contributed by atoms with Crippen LogP contribution in [-0.4, -0.2) is 45.4 Å². The van der Waals surface area contributed by atoms with Crippen molar-refractivity contribution in [3.05, 3.63) is 101 Å². The van der Waals surface area contributed by atoms with E-state index < -0.39 is 17.7 Å². The number of carbonyl (C=O) groups excluding carboxylic acids is 2. The minimum Gasteiger partial charge on any atom is -0.508 e. The molecule has 0 spiro atoms. The van der Waals surface area contributed by atoms with Gasteiger partial charge < -0.3 is 24.8 Å². The molecule has 1 aliphatic heterocycles. The zero-order valence-electron chi connectivity index (χ0n) is 19.1. The Bertz CT molecular complexity index is 1450. The van der Waals surface area contributed by atoms with Crippen LogP contribution in [0.3, 0.4) is 0 Å². The number of aliphatic hydroxyl groups excluding tert-OH is 1. The van der Waals surface area contributed by atoms with Crippen LogP contribution in [-0.2, 0) is 16.0 Å². The van der Waals surface area contributed by atoms with E-state index in [9.17, 15) is 19.8 Å². The Kier molecular flexibility index (Phi) is 5.74. The maximum Gasteiger partial charge on any atom is 0.295 e. The third-order valence-corrected chi connectivity index (χ3v) is 6.37. The molecule has 176 valence electrons. The zero-order chi connectivity index (χ0) is 24.5. The molecule has 1 amide bonds. The molecule has 0 bridgehead atoms. The summed E-state index contributed by atoms with van der Waals surface area (Å²) in [5, 5.41) is 22.1. The van der Waals surface area contributed by atoms with E-state index in [-0.39, 0.29) is 23.6 Å². The number of aromatic hydroxyl groups is 1. The number of ketones is 1. The van der Waals surface area contributed by atoms with E-state index in [1.54, 1.807) is 49.6 Å². The summed E-state index contributed by atoms with van der Waals surface area (Å²) in [7, 11) is 1.61. The first kappa shape index (κ1) is 22.3. The minimum absolute atomic E-state index is 0.00685. The van der Waals surface area contributed by atoms with E-state index in [4.69, 9.17) is 4.74 Å².